The van der Waals surface area contributed by atoms with Crippen molar-refractivity contribution in [3.8, 4) is 28.9 Å². The highest BCUT2D eigenvalue weighted by Gasteiger charge is 2.31. The minimum Gasteiger partial charge on any atom is -0.482 e. The zero-order valence-electron chi connectivity index (χ0n) is 22.8. The van der Waals surface area contributed by atoms with Crippen molar-refractivity contribution in [2.24, 2.45) is 0 Å². The van der Waals surface area contributed by atoms with E-state index in [1.165, 1.54) is 17.5 Å². The second kappa shape index (κ2) is 12.5. The van der Waals surface area contributed by atoms with Gasteiger partial charge in [0.15, 0.2) is 11.6 Å². The predicted molar refractivity (Wildman–Crippen MR) is 152 cm³/mol. The topological polar surface area (TPSA) is 79.3 Å². The summed E-state index contributed by atoms with van der Waals surface area (Å²) in [6.07, 6.45) is 9.86. The Morgan fingerprint density at radius 3 is 2.36 bits per heavy atom. The Balaban J connectivity index is 1.42. The van der Waals surface area contributed by atoms with E-state index in [0.29, 0.717) is 48.0 Å². The fourth-order valence-electron chi connectivity index (χ4n) is 4.32. The highest BCUT2D eigenvalue weighted by molar-refractivity contribution is 5.66. The molecule has 0 bridgehead atoms. The fourth-order valence-corrected chi connectivity index (χ4v) is 4.32. The van der Waals surface area contributed by atoms with E-state index < -0.39 is 0 Å². The van der Waals surface area contributed by atoms with Gasteiger partial charge in [-0.2, -0.15) is 4.98 Å². The Labute approximate surface area is 230 Å². The molecule has 39 heavy (non-hydrogen) atoms. The fraction of sp³-hybridized carbons (Fsp3) is 0.312. The molecule has 7 heteroatoms. The van der Waals surface area contributed by atoms with Gasteiger partial charge in [-0.1, -0.05) is 74.0 Å². The molecule has 2 heterocycles. The number of nitrogens with zero attached hydrogens (tertiary/aromatic N) is 4. The van der Waals surface area contributed by atoms with Gasteiger partial charge in [-0.15, -0.1) is 0 Å². The van der Waals surface area contributed by atoms with Gasteiger partial charge in [0.1, 0.15) is 25.1 Å². The molecule has 200 valence electrons. The largest absolute Gasteiger partial charge is 0.482 e. The molecular formula is C32H34N4O3. The molecule has 0 radical (unpaired) electrons. The number of ether oxygens (including phenoxy) is 3. The Bertz CT molecular complexity index is 1420. The van der Waals surface area contributed by atoms with Gasteiger partial charge in [-0.3, -0.25) is 0 Å². The zero-order chi connectivity index (χ0) is 27.0. The molecule has 0 saturated heterocycles. The van der Waals surface area contributed by atoms with Crippen LogP contribution in [-0.4, -0.2) is 27.0 Å². The van der Waals surface area contributed by atoms with Crippen LogP contribution in [0.5, 0.6) is 17.5 Å². The van der Waals surface area contributed by atoms with Crippen LogP contribution in [0.1, 0.15) is 67.8 Å². The van der Waals surface area contributed by atoms with Crippen LogP contribution in [0.3, 0.4) is 0 Å². The molecule has 0 unspecified atom stereocenters. The van der Waals surface area contributed by atoms with Crippen LogP contribution in [0.15, 0.2) is 73.2 Å². The third kappa shape index (κ3) is 6.60. The molecule has 1 fully saturated rings. The summed E-state index contributed by atoms with van der Waals surface area (Å²) in [6, 6.07) is 18.4. The molecule has 2 aromatic heterocycles. The molecule has 0 spiro atoms. The van der Waals surface area contributed by atoms with E-state index in [2.05, 4.69) is 59.1 Å². The van der Waals surface area contributed by atoms with Crippen LogP contribution in [-0.2, 0) is 13.2 Å². The first-order valence-corrected chi connectivity index (χ1v) is 13.5. The van der Waals surface area contributed by atoms with Crippen molar-refractivity contribution >= 4 is 5.57 Å². The second-order valence-corrected chi connectivity index (χ2v) is 9.72. The van der Waals surface area contributed by atoms with Crippen LogP contribution < -0.4 is 14.2 Å². The number of rotatable bonds is 12. The Morgan fingerprint density at radius 2 is 1.64 bits per heavy atom. The average Bonchev–Trinajstić information content (AvgIpc) is 3.84. The van der Waals surface area contributed by atoms with Gasteiger partial charge in [0.05, 0.1) is 19.0 Å². The standard InChI is InChI=1S/C32H34N4O3/c1-4-5-9-22(2)25-14-12-24(13-15-25)20-39-31-27(38-19-23-10-7-6-8-11-23)18-33-30(36-31)28-29(26-16-17-26)34-21-35-32(28)37-3/h6-15,18,21,26H,4-5,16-17,19-20H2,1-3H3. The Hall–Kier alpha value is -4.26. The summed E-state index contributed by atoms with van der Waals surface area (Å²) in [7, 11) is 1.60. The molecule has 2 aromatic carbocycles. The minimum atomic E-state index is 0.341. The molecule has 0 aliphatic heterocycles. The van der Waals surface area contributed by atoms with Crippen LogP contribution in [0.25, 0.3) is 17.0 Å². The molecule has 7 nitrogen and oxygen atoms in total. The predicted octanol–water partition coefficient (Wildman–Crippen LogP) is 7.18. The van der Waals surface area contributed by atoms with Gasteiger partial charge in [0.2, 0.25) is 5.88 Å². The molecule has 0 amide bonds. The van der Waals surface area contributed by atoms with Crippen molar-refractivity contribution in [3.63, 3.8) is 0 Å². The Kier molecular flexibility index (Phi) is 8.46. The summed E-state index contributed by atoms with van der Waals surface area (Å²) in [5.74, 6) is 2.13. The number of allylic oxidation sites excluding steroid dienone is 2. The molecule has 1 aliphatic carbocycles. The molecule has 5 rings (SSSR count). The van der Waals surface area contributed by atoms with Gasteiger partial charge in [0.25, 0.3) is 5.88 Å². The zero-order valence-corrected chi connectivity index (χ0v) is 22.8. The molecule has 4 aromatic rings. The van der Waals surface area contributed by atoms with Gasteiger partial charge >= 0.3 is 0 Å². The number of aromatic nitrogens is 4. The lowest BCUT2D eigenvalue weighted by Crippen LogP contribution is -2.06. The lowest BCUT2D eigenvalue weighted by molar-refractivity contribution is 0.246. The summed E-state index contributed by atoms with van der Waals surface area (Å²) in [5.41, 5.74) is 6.20. The molecule has 0 atom stereocenters. The lowest BCUT2D eigenvalue weighted by atomic mass is 10.0. The number of hydrogen-bond acceptors (Lipinski definition) is 7. The minimum absolute atomic E-state index is 0.341. The first-order valence-electron chi connectivity index (χ1n) is 13.5. The maximum Gasteiger partial charge on any atom is 0.261 e. The molecular weight excluding hydrogens is 488 g/mol. The smallest absolute Gasteiger partial charge is 0.261 e. The summed E-state index contributed by atoms with van der Waals surface area (Å²) in [4.78, 5) is 18.3. The van der Waals surface area contributed by atoms with E-state index in [1.807, 2.05) is 30.3 Å². The SMILES string of the molecule is CCCC=C(C)c1ccc(COc2nc(-c3c(OC)ncnc3C3CC3)ncc2OCc2ccccc2)cc1. The van der Waals surface area contributed by atoms with Gasteiger partial charge in [0, 0.05) is 5.92 Å². The van der Waals surface area contributed by atoms with Crippen molar-refractivity contribution in [1.82, 2.24) is 19.9 Å². The molecule has 1 saturated carbocycles. The van der Waals surface area contributed by atoms with E-state index in [4.69, 9.17) is 19.2 Å². The van der Waals surface area contributed by atoms with Crippen molar-refractivity contribution < 1.29 is 14.2 Å². The van der Waals surface area contributed by atoms with Crippen molar-refractivity contribution in [2.45, 2.75) is 58.7 Å². The van der Waals surface area contributed by atoms with Crippen LogP contribution in [0, 0.1) is 0 Å². The highest BCUT2D eigenvalue weighted by atomic mass is 16.5. The lowest BCUT2D eigenvalue weighted by Gasteiger charge is -2.15. The Morgan fingerprint density at radius 1 is 0.897 bits per heavy atom. The van der Waals surface area contributed by atoms with E-state index in [1.54, 1.807) is 13.3 Å². The normalized spacial score (nSPS) is 13.3. The van der Waals surface area contributed by atoms with Gasteiger partial charge in [-0.05, 0) is 48.4 Å². The number of hydrogen-bond donors (Lipinski definition) is 0. The molecule has 1 aliphatic rings. The third-order valence-electron chi connectivity index (χ3n) is 6.71. The van der Waals surface area contributed by atoms with Crippen molar-refractivity contribution in [1.29, 1.82) is 0 Å². The van der Waals surface area contributed by atoms with E-state index in [9.17, 15) is 0 Å². The quantitative estimate of drug-likeness (QED) is 0.195. The maximum absolute atomic E-state index is 6.26. The maximum atomic E-state index is 6.26. The summed E-state index contributed by atoms with van der Waals surface area (Å²) in [5, 5.41) is 0. The number of methoxy groups -OCH3 is 1. The first-order chi connectivity index (χ1) is 19.2. The monoisotopic (exact) mass is 522 g/mol. The van der Waals surface area contributed by atoms with Crippen LogP contribution >= 0.6 is 0 Å². The van der Waals surface area contributed by atoms with E-state index in [0.717, 1.165) is 42.5 Å². The summed E-state index contributed by atoms with van der Waals surface area (Å²) in [6.45, 7) is 5.06. The van der Waals surface area contributed by atoms with Crippen molar-refractivity contribution in [3.05, 3.63) is 95.6 Å². The third-order valence-corrected chi connectivity index (χ3v) is 6.71. The highest BCUT2D eigenvalue weighted by Crippen LogP contribution is 2.45. The first kappa shape index (κ1) is 26.4. The molecule has 0 N–H and O–H groups in total. The van der Waals surface area contributed by atoms with Gasteiger partial charge < -0.3 is 14.2 Å². The van der Waals surface area contributed by atoms with E-state index >= 15 is 0 Å². The van der Waals surface area contributed by atoms with Crippen molar-refractivity contribution in [2.75, 3.05) is 7.11 Å². The van der Waals surface area contributed by atoms with Crippen LogP contribution in [0.2, 0.25) is 0 Å². The number of benzene rings is 2. The number of unbranched alkanes of at least 4 members (excludes halogenated alkanes) is 1. The summed E-state index contributed by atoms with van der Waals surface area (Å²) >= 11 is 0. The van der Waals surface area contributed by atoms with Gasteiger partial charge in [-0.25, -0.2) is 15.0 Å². The van der Waals surface area contributed by atoms with E-state index in [-0.39, 0.29) is 0 Å². The van der Waals surface area contributed by atoms with Crippen LogP contribution in [0.4, 0.5) is 0 Å². The summed E-state index contributed by atoms with van der Waals surface area (Å²) < 4.78 is 17.9. The average molecular weight is 523 g/mol. The second-order valence-electron chi connectivity index (χ2n) is 9.72.